The molecule has 1 aromatic rings. The minimum atomic E-state index is 0.757. The largest absolute Gasteiger partial charge is 0.494 e. The van der Waals surface area contributed by atoms with E-state index in [4.69, 9.17) is 9.47 Å². The standard InChI is InChI=1S/C14H23NO2/c1-2-11-16-13-10-15-9-6-12-17-14-7-4-3-5-8-14/h3-5,7-8,15H,2,6,9-13H2,1H3. The smallest absolute Gasteiger partial charge is 0.119 e. The van der Waals surface area contributed by atoms with Gasteiger partial charge in [0.2, 0.25) is 0 Å². The molecule has 0 amide bonds. The molecule has 1 rings (SSSR count). The second kappa shape index (κ2) is 10.1. The molecular formula is C14H23NO2. The van der Waals surface area contributed by atoms with Crippen molar-refractivity contribution in [3.05, 3.63) is 30.3 Å². The van der Waals surface area contributed by atoms with Gasteiger partial charge in [-0.3, -0.25) is 0 Å². The van der Waals surface area contributed by atoms with E-state index in [1.165, 1.54) is 0 Å². The van der Waals surface area contributed by atoms with Crippen LogP contribution in [-0.4, -0.2) is 32.9 Å². The van der Waals surface area contributed by atoms with Crippen molar-refractivity contribution in [1.82, 2.24) is 5.32 Å². The molecule has 17 heavy (non-hydrogen) atoms. The minimum Gasteiger partial charge on any atom is -0.494 e. The summed E-state index contributed by atoms with van der Waals surface area (Å²) >= 11 is 0. The molecule has 0 fully saturated rings. The van der Waals surface area contributed by atoms with Gasteiger partial charge in [-0.25, -0.2) is 0 Å². The maximum Gasteiger partial charge on any atom is 0.119 e. The predicted octanol–water partition coefficient (Wildman–Crippen LogP) is 2.47. The highest BCUT2D eigenvalue weighted by Gasteiger charge is 1.92. The normalized spacial score (nSPS) is 10.4. The maximum absolute atomic E-state index is 5.58. The molecule has 0 unspecified atom stereocenters. The van der Waals surface area contributed by atoms with Crippen molar-refractivity contribution in [2.75, 3.05) is 32.9 Å². The Morgan fingerprint density at radius 1 is 1.00 bits per heavy atom. The van der Waals surface area contributed by atoms with E-state index in [2.05, 4.69) is 12.2 Å². The molecule has 96 valence electrons. The second-order valence-corrected chi connectivity index (χ2v) is 3.88. The number of benzene rings is 1. The van der Waals surface area contributed by atoms with Gasteiger partial charge in [0.05, 0.1) is 13.2 Å². The number of hydrogen-bond donors (Lipinski definition) is 1. The van der Waals surface area contributed by atoms with Gasteiger partial charge < -0.3 is 14.8 Å². The molecule has 1 N–H and O–H groups in total. The van der Waals surface area contributed by atoms with E-state index in [1.807, 2.05) is 30.3 Å². The van der Waals surface area contributed by atoms with E-state index < -0.39 is 0 Å². The number of nitrogens with one attached hydrogen (secondary N) is 1. The Morgan fingerprint density at radius 3 is 2.59 bits per heavy atom. The molecule has 0 radical (unpaired) electrons. The quantitative estimate of drug-likeness (QED) is 0.634. The fourth-order valence-electron chi connectivity index (χ4n) is 1.42. The summed E-state index contributed by atoms with van der Waals surface area (Å²) in [5, 5.41) is 3.33. The molecule has 0 aromatic heterocycles. The zero-order valence-corrected chi connectivity index (χ0v) is 10.7. The molecule has 0 aliphatic heterocycles. The van der Waals surface area contributed by atoms with Gasteiger partial charge in [0.25, 0.3) is 0 Å². The average Bonchev–Trinajstić information content (AvgIpc) is 2.38. The van der Waals surface area contributed by atoms with Crippen LogP contribution in [0.3, 0.4) is 0 Å². The summed E-state index contributed by atoms with van der Waals surface area (Å²) in [4.78, 5) is 0. The third kappa shape index (κ3) is 7.77. The highest BCUT2D eigenvalue weighted by atomic mass is 16.5. The van der Waals surface area contributed by atoms with E-state index in [9.17, 15) is 0 Å². The van der Waals surface area contributed by atoms with Crippen LogP contribution in [0, 0.1) is 0 Å². The van der Waals surface area contributed by atoms with Crippen molar-refractivity contribution < 1.29 is 9.47 Å². The number of ether oxygens (including phenoxy) is 2. The van der Waals surface area contributed by atoms with E-state index in [1.54, 1.807) is 0 Å². The molecule has 0 atom stereocenters. The Morgan fingerprint density at radius 2 is 1.82 bits per heavy atom. The van der Waals surface area contributed by atoms with Crippen LogP contribution in [-0.2, 0) is 4.74 Å². The van der Waals surface area contributed by atoms with Crippen molar-refractivity contribution >= 4 is 0 Å². The van der Waals surface area contributed by atoms with Gasteiger partial charge in [-0.15, -0.1) is 0 Å². The first kappa shape index (κ1) is 14.0. The summed E-state index contributed by atoms with van der Waals surface area (Å²) in [5.74, 6) is 0.943. The fourth-order valence-corrected chi connectivity index (χ4v) is 1.42. The van der Waals surface area contributed by atoms with E-state index in [0.29, 0.717) is 0 Å². The first-order chi connectivity index (χ1) is 8.43. The Bertz CT molecular complexity index is 264. The van der Waals surface area contributed by atoms with E-state index in [0.717, 1.165) is 51.5 Å². The minimum absolute atomic E-state index is 0.757. The Hall–Kier alpha value is -1.06. The highest BCUT2D eigenvalue weighted by molar-refractivity contribution is 5.20. The lowest BCUT2D eigenvalue weighted by molar-refractivity contribution is 0.136. The van der Waals surface area contributed by atoms with Gasteiger partial charge in [-0.1, -0.05) is 25.1 Å². The molecule has 0 heterocycles. The molecule has 0 aliphatic rings. The lowest BCUT2D eigenvalue weighted by atomic mass is 10.3. The lowest BCUT2D eigenvalue weighted by Gasteiger charge is -2.07. The summed E-state index contributed by atoms with van der Waals surface area (Å²) in [6, 6.07) is 9.92. The van der Waals surface area contributed by atoms with E-state index >= 15 is 0 Å². The molecule has 0 bridgehead atoms. The number of hydrogen-bond acceptors (Lipinski definition) is 3. The zero-order chi connectivity index (χ0) is 12.2. The van der Waals surface area contributed by atoms with Crippen LogP contribution in [0.1, 0.15) is 19.8 Å². The summed E-state index contributed by atoms with van der Waals surface area (Å²) in [5.41, 5.74) is 0. The van der Waals surface area contributed by atoms with Crippen LogP contribution in [0.25, 0.3) is 0 Å². The van der Waals surface area contributed by atoms with Gasteiger partial charge in [-0.2, -0.15) is 0 Å². The number of para-hydroxylation sites is 1. The maximum atomic E-state index is 5.58. The first-order valence-corrected chi connectivity index (χ1v) is 6.40. The molecular weight excluding hydrogens is 214 g/mol. The van der Waals surface area contributed by atoms with Gasteiger partial charge in [0.1, 0.15) is 5.75 Å². The highest BCUT2D eigenvalue weighted by Crippen LogP contribution is 2.07. The van der Waals surface area contributed by atoms with Crippen molar-refractivity contribution in [2.45, 2.75) is 19.8 Å². The van der Waals surface area contributed by atoms with Crippen molar-refractivity contribution in [2.24, 2.45) is 0 Å². The third-order valence-electron chi connectivity index (χ3n) is 2.28. The molecule has 0 saturated heterocycles. The third-order valence-corrected chi connectivity index (χ3v) is 2.28. The van der Waals surface area contributed by atoms with Crippen LogP contribution in [0.15, 0.2) is 30.3 Å². The molecule has 3 nitrogen and oxygen atoms in total. The number of rotatable bonds is 10. The van der Waals surface area contributed by atoms with Crippen molar-refractivity contribution in [3.8, 4) is 5.75 Å². The zero-order valence-electron chi connectivity index (χ0n) is 10.7. The van der Waals surface area contributed by atoms with Crippen molar-refractivity contribution in [1.29, 1.82) is 0 Å². The van der Waals surface area contributed by atoms with Crippen LogP contribution in [0.2, 0.25) is 0 Å². The topological polar surface area (TPSA) is 30.5 Å². The SMILES string of the molecule is CCCOCCNCCCOc1ccccc1. The van der Waals surface area contributed by atoms with Crippen LogP contribution >= 0.6 is 0 Å². The molecule has 0 aliphatic carbocycles. The summed E-state index contributed by atoms with van der Waals surface area (Å²) < 4.78 is 10.9. The van der Waals surface area contributed by atoms with E-state index in [-0.39, 0.29) is 0 Å². The van der Waals surface area contributed by atoms with Crippen molar-refractivity contribution in [3.63, 3.8) is 0 Å². The second-order valence-electron chi connectivity index (χ2n) is 3.88. The summed E-state index contributed by atoms with van der Waals surface area (Å²) in [7, 11) is 0. The van der Waals surface area contributed by atoms with Gasteiger partial charge >= 0.3 is 0 Å². The predicted molar refractivity (Wildman–Crippen MR) is 70.5 cm³/mol. The van der Waals surface area contributed by atoms with Crippen LogP contribution < -0.4 is 10.1 Å². The lowest BCUT2D eigenvalue weighted by Crippen LogP contribution is -2.22. The van der Waals surface area contributed by atoms with Crippen LogP contribution in [0.5, 0.6) is 5.75 Å². The Balaban J connectivity index is 1.85. The molecule has 0 spiro atoms. The molecule has 0 saturated carbocycles. The summed E-state index contributed by atoms with van der Waals surface area (Å²) in [6.07, 6.45) is 2.10. The average molecular weight is 237 g/mol. The van der Waals surface area contributed by atoms with Gasteiger partial charge in [-0.05, 0) is 31.5 Å². The Labute approximate surface area is 104 Å². The fraction of sp³-hybridized carbons (Fsp3) is 0.571. The van der Waals surface area contributed by atoms with Gasteiger partial charge in [0, 0.05) is 13.2 Å². The molecule has 3 heteroatoms. The Kier molecular flexibility index (Phi) is 8.33. The van der Waals surface area contributed by atoms with Crippen LogP contribution in [0.4, 0.5) is 0 Å². The monoisotopic (exact) mass is 237 g/mol. The summed E-state index contributed by atoms with van der Waals surface area (Å²) in [6.45, 7) is 6.43. The first-order valence-electron chi connectivity index (χ1n) is 6.40. The van der Waals surface area contributed by atoms with Gasteiger partial charge in [0.15, 0.2) is 0 Å². The molecule has 1 aromatic carbocycles.